The Labute approximate surface area is 108 Å². The van der Waals surface area contributed by atoms with Crippen LogP contribution >= 0.6 is 0 Å². The van der Waals surface area contributed by atoms with E-state index in [9.17, 15) is 13.2 Å². The normalized spacial score (nSPS) is 20.8. The van der Waals surface area contributed by atoms with Crippen molar-refractivity contribution in [3.63, 3.8) is 0 Å². The minimum atomic E-state index is -3.35. The Bertz CT molecular complexity index is 348. The molecule has 2 N–H and O–H groups in total. The van der Waals surface area contributed by atoms with Gasteiger partial charge in [0.05, 0.1) is 11.9 Å². The van der Waals surface area contributed by atoms with Gasteiger partial charge in [-0.15, -0.1) is 0 Å². The predicted octanol–water partition coefficient (Wildman–Crippen LogP) is 0.730. The first-order valence-corrected chi connectivity index (χ1v) is 7.95. The standard InChI is InChI=1S/C11H21NO5S/c13-11(14)5-3-9-18(15,16)12-7-6-10-4-1-2-8-17-10/h10,12H,1-9H2,(H,13,14). The molecule has 0 saturated carbocycles. The minimum absolute atomic E-state index is 0.118. The number of carboxylic acid groups (broad SMARTS) is 1. The van der Waals surface area contributed by atoms with Crippen molar-refractivity contribution in [2.24, 2.45) is 0 Å². The van der Waals surface area contributed by atoms with Gasteiger partial charge in [-0.25, -0.2) is 13.1 Å². The highest BCUT2D eigenvalue weighted by Crippen LogP contribution is 2.14. The Morgan fingerprint density at radius 1 is 1.39 bits per heavy atom. The third kappa shape index (κ3) is 6.93. The molecule has 7 heteroatoms. The van der Waals surface area contributed by atoms with E-state index in [0.29, 0.717) is 13.0 Å². The molecule has 1 fully saturated rings. The Kier molecular flexibility index (Phi) is 6.59. The molecule has 0 radical (unpaired) electrons. The summed E-state index contributed by atoms with van der Waals surface area (Å²) >= 11 is 0. The van der Waals surface area contributed by atoms with Gasteiger partial charge in [-0.05, 0) is 32.1 Å². The average molecular weight is 279 g/mol. The molecule has 1 aliphatic rings. The van der Waals surface area contributed by atoms with E-state index < -0.39 is 16.0 Å². The zero-order chi connectivity index (χ0) is 13.4. The fourth-order valence-electron chi connectivity index (χ4n) is 1.90. The van der Waals surface area contributed by atoms with Crippen LogP contribution in [0.2, 0.25) is 0 Å². The van der Waals surface area contributed by atoms with Gasteiger partial charge in [-0.1, -0.05) is 0 Å². The molecule has 106 valence electrons. The second kappa shape index (κ2) is 7.70. The van der Waals surface area contributed by atoms with Gasteiger partial charge in [0.15, 0.2) is 0 Å². The van der Waals surface area contributed by atoms with Gasteiger partial charge in [0, 0.05) is 19.6 Å². The Morgan fingerprint density at radius 2 is 2.17 bits per heavy atom. The lowest BCUT2D eigenvalue weighted by molar-refractivity contribution is -0.137. The van der Waals surface area contributed by atoms with Crippen LogP contribution in [0.3, 0.4) is 0 Å². The van der Waals surface area contributed by atoms with Gasteiger partial charge in [0.2, 0.25) is 10.0 Å². The second-order valence-corrected chi connectivity index (χ2v) is 6.41. The van der Waals surface area contributed by atoms with Crippen LogP contribution in [0.15, 0.2) is 0 Å². The molecule has 0 amide bonds. The van der Waals surface area contributed by atoms with Crippen molar-refractivity contribution in [1.29, 1.82) is 0 Å². The zero-order valence-corrected chi connectivity index (χ0v) is 11.2. The van der Waals surface area contributed by atoms with Gasteiger partial charge in [0.25, 0.3) is 0 Å². The van der Waals surface area contributed by atoms with E-state index in [1.54, 1.807) is 0 Å². The number of aliphatic carboxylic acids is 1. The first-order chi connectivity index (χ1) is 8.49. The third-order valence-electron chi connectivity index (χ3n) is 2.87. The summed E-state index contributed by atoms with van der Waals surface area (Å²) in [4.78, 5) is 10.3. The average Bonchev–Trinajstić information content (AvgIpc) is 2.29. The first-order valence-electron chi connectivity index (χ1n) is 6.30. The molecule has 0 aliphatic carbocycles. The lowest BCUT2D eigenvalue weighted by Crippen LogP contribution is -2.31. The Balaban J connectivity index is 2.14. The molecular formula is C11H21NO5S. The van der Waals surface area contributed by atoms with E-state index in [1.165, 1.54) is 0 Å². The third-order valence-corrected chi connectivity index (χ3v) is 4.34. The number of hydrogen-bond acceptors (Lipinski definition) is 4. The molecule has 0 bridgehead atoms. The topological polar surface area (TPSA) is 92.7 Å². The van der Waals surface area contributed by atoms with Crippen LogP contribution in [-0.2, 0) is 19.6 Å². The summed E-state index contributed by atoms with van der Waals surface area (Å²) in [5.74, 6) is -1.11. The van der Waals surface area contributed by atoms with Crippen molar-refractivity contribution in [2.75, 3.05) is 18.9 Å². The first kappa shape index (κ1) is 15.4. The van der Waals surface area contributed by atoms with Crippen LogP contribution in [0.4, 0.5) is 0 Å². The van der Waals surface area contributed by atoms with E-state index >= 15 is 0 Å². The number of hydrogen-bond donors (Lipinski definition) is 2. The number of carbonyl (C=O) groups is 1. The monoisotopic (exact) mass is 279 g/mol. The van der Waals surface area contributed by atoms with Crippen molar-refractivity contribution in [1.82, 2.24) is 4.72 Å². The van der Waals surface area contributed by atoms with Crippen LogP contribution in [0.25, 0.3) is 0 Å². The van der Waals surface area contributed by atoms with Gasteiger partial charge < -0.3 is 9.84 Å². The number of carboxylic acids is 1. The molecule has 0 aromatic heterocycles. The maximum Gasteiger partial charge on any atom is 0.303 e. The molecule has 1 rings (SSSR count). The van der Waals surface area contributed by atoms with Gasteiger partial charge in [-0.3, -0.25) is 4.79 Å². The van der Waals surface area contributed by atoms with Crippen LogP contribution in [-0.4, -0.2) is 44.5 Å². The van der Waals surface area contributed by atoms with Crippen molar-refractivity contribution >= 4 is 16.0 Å². The summed E-state index contributed by atoms with van der Waals surface area (Å²) in [7, 11) is -3.35. The Hall–Kier alpha value is -0.660. The SMILES string of the molecule is O=C(O)CCCS(=O)(=O)NCCC1CCCCO1. The van der Waals surface area contributed by atoms with E-state index in [2.05, 4.69) is 4.72 Å². The van der Waals surface area contributed by atoms with Gasteiger partial charge >= 0.3 is 5.97 Å². The molecule has 1 atom stereocenters. The summed E-state index contributed by atoms with van der Waals surface area (Å²) in [6, 6.07) is 0. The molecule has 18 heavy (non-hydrogen) atoms. The molecule has 1 unspecified atom stereocenters. The molecule has 1 saturated heterocycles. The van der Waals surface area contributed by atoms with Crippen LogP contribution < -0.4 is 4.72 Å². The predicted molar refractivity (Wildman–Crippen MR) is 66.9 cm³/mol. The van der Waals surface area contributed by atoms with Gasteiger partial charge in [-0.2, -0.15) is 0 Å². The quantitative estimate of drug-likeness (QED) is 0.683. The molecule has 0 aromatic rings. The smallest absolute Gasteiger partial charge is 0.303 e. The second-order valence-electron chi connectivity index (χ2n) is 4.49. The maximum absolute atomic E-state index is 11.5. The number of sulfonamides is 1. The van der Waals surface area contributed by atoms with Crippen molar-refractivity contribution in [3.8, 4) is 0 Å². The number of ether oxygens (including phenoxy) is 1. The molecular weight excluding hydrogens is 258 g/mol. The van der Waals surface area contributed by atoms with Crippen LogP contribution in [0.1, 0.15) is 38.5 Å². The summed E-state index contributed by atoms with van der Waals surface area (Å²) in [5.41, 5.74) is 0. The lowest BCUT2D eigenvalue weighted by Gasteiger charge is -2.22. The molecule has 1 heterocycles. The number of rotatable bonds is 8. The summed E-state index contributed by atoms with van der Waals surface area (Å²) in [5, 5.41) is 8.42. The summed E-state index contributed by atoms with van der Waals surface area (Å²) < 4.78 is 31.0. The highest BCUT2D eigenvalue weighted by Gasteiger charge is 2.15. The van der Waals surface area contributed by atoms with Crippen LogP contribution in [0, 0.1) is 0 Å². The fourth-order valence-corrected chi connectivity index (χ4v) is 2.99. The fraction of sp³-hybridized carbons (Fsp3) is 0.909. The van der Waals surface area contributed by atoms with E-state index in [0.717, 1.165) is 25.9 Å². The molecule has 0 aromatic carbocycles. The molecule has 1 aliphatic heterocycles. The van der Waals surface area contributed by atoms with Gasteiger partial charge in [0.1, 0.15) is 0 Å². The van der Waals surface area contributed by atoms with Crippen molar-refractivity contribution in [2.45, 2.75) is 44.6 Å². The maximum atomic E-state index is 11.5. The highest BCUT2D eigenvalue weighted by atomic mass is 32.2. The minimum Gasteiger partial charge on any atom is -0.481 e. The highest BCUT2D eigenvalue weighted by molar-refractivity contribution is 7.89. The van der Waals surface area contributed by atoms with Crippen molar-refractivity contribution < 1.29 is 23.1 Å². The lowest BCUT2D eigenvalue weighted by atomic mass is 10.1. The molecule has 6 nitrogen and oxygen atoms in total. The Morgan fingerprint density at radius 3 is 2.78 bits per heavy atom. The summed E-state index contributed by atoms with van der Waals surface area (Å²) in [6.07, 6.45) is 4.06. The molecule has 0 spiro atoms. The van der Waals surface area contributed by atoms with E-state index in [-0.39, 0.29) is 24.7 Å². The summed E-state index contributed by atoms with van der Waals surface area (Å²) in [6.45, 7) is 1.12. The van der Waals surface area contributed by atoms with E-state index in [1.807, 2.05) is 0 Å². The zero-order valence-electron chi connectivity index (χ0n) is 10.4. The van der Waals surface area contributed by atoms with Crippen molar-refractivity contribution in [3.05, 3.63) is 0 Å². The van der Waals surface area contributed by atoms with Crippen LogP contribution in [0.5, 0.6) is 0 Å². The largest absolute Gasteiger partial charge is 0.481 e. The number of nitrogens with one attached hydrogen (secondary N) is 1. The van der Waals surface area contributed by atoms with E-state index in [4.69, 9.17) is 9.84 Å².